The second-order valence-electron chi connectivity index (χ2n) is 5.98. The lowest BCUT2D eigenvalue weighted by Crippen LogP contribution is -2.02. The van der Waals surface area contributed by atoms with Crippen molar-refractivity contribution in [2.75, 3.05) is 5.75 Å². The Kier molecular flexibility index (Phi) is 6.68. The van der Waals surface area contributed by atoms with Gasteiger partial charge in [0.15, 0.2) is 16.8 Å². The molecule has 0 radical (unpaired) electrons. The molecule has 0 fully saturated rings. The van der Waals surface area contributed by atoms with Gasteiger partial charge in [-0.2, -0.15) is 0 Å². The van der Waals surface area contributed by atoms with Crippen LogP contribution >= 0.6 is 27.7 Å². The van der Waals surface area contributed by atoms with Crippen molar-refractivity contribution >= 4 is 33.5 Å². The Morgan fingerprint density at radius 2 is 2.07 bits per heavy atom. The Morgan fingerprint density at radius 3 is 2.74 bits per heavy atom. The minimum Gasteiger partial charge on any atom is -0.469 e. The highest BCUT2D eigenvalue weighted by Gasteiger charge is 2.16. The van der Waals surface area contributed by atoms with Crippen LogP contribution in [0.15, 0.2) is 63.3 Å². The molecule has 0 N–H and O–H groups in total. The number of thioether (sulfide) groups is 1. The molecular formula is C20H20BrN3O2S. The van der Waals surface area contributed by atoms with Crippen molar-refractivity contribution in [2.45, 2.75) is 31.5 Å². The molecule has 3 aromatic rings. The van der Waals surface area contributed by atoms with Crippen LogP contribution < -0.4 is 0 Å². The number of furan rings is 1. The van der Waals surface area contributed by atoms with E-state index in [1.807, 2.05) is 47.9 Å². The number of rotatable bonds is 9. The van der Waals surface area contributed by atoms with Gasteiger partial charge in [-0.25, -0.2) is 0 Å². The fourth-order valence-electron chi connectivity index (χ4n) is 2.68. The zero-order valence-corrected chi connectivity index (χ0v) is 17.4. The van der Waals surface area contributed by atoms with Crippen molar-refractivity contribution in [1.82, 2.24) is 14.8 Å². The van der Waals surface area contributed by atoms with Crippen LogP contribution in [0.5, 0.6) is 0 Å². The predicted octanol–water partition coefficient (Wildman–Crippen LogP) is 5.55. The third-order valence-electron chi connectivity index (χ3n) is 4.07. The summed E-state index contributed by atoms with van der Waals surface area (Å²) in [7, 11) is 0. The fourth-order valence-corrected chi connectivity index (χ4v) is 3.83. The second kappa shape index (κ2) is 9.19. The number of hydrogen-bond acceptors (Lipinski definition) is 5. The largest absolute Gasteiger partial charge is 0.469 e. The number of allylic oxidation sites excluding steroid dienone is 1. The fraction of sp³-hybridized carbons (Fsp3) is 0.250. The summed E-state index contributed by atoms with van der Waals surface area (Å²) >= 11 is 4.98. The number of Topliss-reactive ketones (excluding diaryl/α,β-unsaturated/α-hetero) is 1. The molecule has 3 rings (SSSR count). The first kappa shape index (κ1) is 19.6. The lowest BCUT2D eigenvalue weighted by Gasteiger charge is -2.07. The quantitative estimate of drug-likeness (QED) is 0.187. The number of carbonyl (C=O) groups is 1. The van der Waals surface area contributed by atoms with Crippen LogP contribution in [0, 0.1) is 6.92 Å². The van der Waals surface area contributed by atoms with Crippen molar-refractivity contribution in [3.63, 3.8) is 0 Å². The van der Waals surface area contributed by atoms with Crippen LogP contribution in [0.4, 0.5) is 0 Å². The van der Waals surface area contributed by atoms with Crippen LogP contribution in [-0.4, -0.2) is 26.3 Å². The van der Waals surface area contributed by atoms with Gasteiger partial charge in [0.2, 0.25) is 0 Å². The van der Waals surface area contributed by atoms with Crippen molar-refractivity contribution in [2.24, 2.45) is 0 Å². The highest BCUT2D eigenvalue weighted by atomic mass is 79.9. The number of aryl methyl sites for hydroxylation is 1. The highest BCUT2D eigenvalue weighted by molar-refractivity contribution is 9.10. The number of aromatic nitrogens is 3. The summed E-state index contributed by atoms with van der Waals surface area (Å²) in [6.07, 6.45) is 4.76. The van der Waals surface area contributed by atoms with Gasteiger partial charge < -0.3 is 4.42 Å². The van der Waals surface area contributed by atoms with Crippen LogP contribution in [0.1, 0.15) is 29.0 Å². The Morgan fingerprint density at radius 1 is 1.30 bits per heavy atom. The smallest absolute Gasteiger partial charge is 0.191 e. The molecule has 0 atom stereocenters. The molecule has 0 aliphatic heterocycles. The first-order valence-electron chi connectivity index (χ1n) is 8.60. The molecule has 0 aliphatic carbocycles. The van der Waals surface area contributed by atoms with Gasteiger partial charge in [0, 0.05) is 28.8 Å². The summed E-state index contributed by atoms with van der Waals surface area (Å²) in [6, 6.07) is 9.36. The van der Waals surface area contributed by atoms with Crippen LogP contribution in [0.2, 0.25) is 0 Å². The molecule has 5 nitrogen and oxygen atoms in total. The summed E-state index contributed by atoms with van der Waals surface area (Å²) < 4.78 is 8.37. The summed E-state index contributed by atoms with van der Waals surface area (Å²) in [5, 5.41) is 9.45. The average Bonchev–Trinajstić information content (AvgIpc) is 3.25. The monoisotopic (exact) mass is 445 g/mol. The van der Waals surface area contributed by atoms with Gasteiger partial charge in [0.25, 0.3) is 0 Å². The molecule has 2 aromatic heterocycles. The molecule has 0 amide bonds. The molecule has 7 heteroatoms. The van der Waals surface area contributed by atoms with E-state index in [0.29, 0.717) is 13.0 Å². The molecule has 0 bridgehead atoms. The number of hydrogen-bond donors (Lipinski definition) is 0. The van der Waals surface area contributed by atoms with Gasteiger partial charge in [0.1, 0.15) is 5.76 Å². The maximum atomic E-state index is 12.3. The van der Waals surface area contributed by atoms with E-state index in [1.54, 1.807) is 18.0 Å². The topological polar surface area (TPSA) is 60.9 Å². The number of nitrogens with zero attached hydrogens (tertiary/aromatic N) is 3. The SMILES string of the molecule is C=CCn1c(SCCCC(=O)c2ccc(Br)cc2)nnc1-c1ccoc1C. The first-order valence-corrected chi connectivity index (χ1v) is 10.4. The number of halogens is 1. The predicted molar refractivity (Wildman–Crippen MR) is 111 cm³/mol. The van der Waals surface area contributed by atoms with Gasteiger partial charge in [-0.3, -0.25) is 9.36 Å². The van der Waals surface area contributed by atoms with Gasteiger partial charge in [-0.05, 0) is 31.5 Å². The van der Waals surface area contributed by atoms with Gasteiger partial charge in [0.05, 0.1) is 11.8 Å². The molecule has 0 saturated carbocycles. The van der Waals surface area contributed by atoms with Crippen LogP contribution in [-0.2, 0) is 6.54 Å². The lowest BCUT2D eigenvalue weighted by atomic mass is 10.1. The van der Waals surface area contributed by atoms with E-state index in [0.717, 1.165) is 44.5 Å². The van der Waals surface area contributed by atoms with Crippen LogP contribution in [0.3, 0.4) is 0 Å². The van der Waals surface area contributed by atoms with E-state index >= 15 is 0 Å². The first-order chi connectivity index (χ1) is 13.1. The minimum atomic E-state index is 0.158. The summed E-state index contributed by atoms with van der Waals surface area (Å²) in [5.74, 6) is 2.53. The number of benzene rings is 1. The molecule has 2 heterocycles. The molecule has 0 aliphatic rings. The lowest BCUT2D eigenvalue weighted by molar-refractivity contribution is 0.0982. The van der Waals surface area contributed by atoms with Crippen molar-refractivity contribution in [3.05, 3.63) is 65.0 Å². The maximum Gasteiger partial charge on any atom is 0.191 e. The van der Waals surface area contributed by atoms with Crippen LogP contribution in [0.25, 0.3) is 11.4 Å². The average molecular weight is 446 g/mol. The number of carbonyl (C=O) groups excluding carboxylic acids is 1. The van der Waals surface area contributed by atoms with E-state index in [9.17, 15) is 4.79 Å². The van der Waals surface area contributed by atoms with Crippen molar-refractivity contribution < 1.29 is 9.21 Å². The van der Waals surface area contributed by atoms with E-state index in [1.165, 1.54) is 0 Å². The summed E-state index contributed by atoms with van der Waals surface area (Å²) in [4.78, 5) is 12.3. The highest BCUT2D eigenvalue weighted by Crippen LogP contribution is 2.27. The van der Waals surface area contributed by atoms with Crippen molar-refractivity contribution in [3.8, 4) is 11.4 Å². The van der Waals surface area contributed by atoms with E-state index in [-0.39, 0.29) is 5.78 Å². The molecule has 140 valence electrons. The Balaban J connectivity index is 1.60. The summed E-state index contributed by atoms with van der Waals surface area (Å²) in [5.41, 5.74) is 1.68. The minimum absolute atomic E-state index is 0.158. The molecule has 1 aromatic carbocycles. The Bertz CT molecular complexity index is 931. The van der Waals surface area contributed by atoms with E-state index < -0.39 is 0 Å². The van der Waals surface area contributed by atoms with Crippen molar-refractivity contribution in [1.29, 1.82) is 0 Å². The van der Waals surface area contributed by atoms with Gasteiger partial charge in [-0.15, -0.1) is 16.8 Å². The molecule has 0 spiro atoms. The Hall–Kier alpha value is -2.12. The standard InChI is InChI=1S/C20H20BrN3O2S/c1-3-11-24-19(17-10-12-26-14(17)2)22-23-20(24)27-13-4-5-18(25)15-6-8-16(21)9-7-15/h3,6-10,12H,1,4-5,11,13H2,2H3. The van der Waals surface area contributed by atoms with Gasteiger partial charge in [-0.1, -0.05) is 45.9 Å². The molecule has 27 heavy (non-hydrogen) atoms. The van der Waals surface area contributed by atoms with E-state index in [4.69, 9.17) is 4.42 Å². The zero-order valence-electron chi connectivity index (χ0n) is 15.0. The third-order valence-corrected chi connectivity index (χ3v) is 5.66. The second-order valence-corrected chi connectivity index (χ2v) is 7.96. The number of ketones is 1. The maximum absolute atomic E-state index is 12.3. The summed E-state index contributed by atoms with van der Waals surface area (Å²) in [6.45, 7) is 6.35. The molecular weight excluding hydrogens is 426 g/mol. The molecule has 0 saturated heterocycles. The van der Waals surface area contributed by atoms with Gasteiger partial charge >= 0.3 is 0 Å². The van der Waals surface area contributed by atoms with E-state index in [2.05, 4.69) is 32.7 Å². The third kappa shape index (κ3) is 4.78. The normalized spacial score (nSPS) is 10.9. The zero-order chi connectivity index (χ0) is 19.2. The molecule has 0 unspecified atom stereocenters. The Labute approximate surface area is 171 Å².